The maximum absolute atomic E-state index is 12.0. The van der Waals surface area contributed by atoms with E-state index in [1.807, 2.05) is 7.05 Å². The molecule has 18 heavy (non-hydrogen) atoms. The number of carbonyl (C=O) groups excluding carboxylic acids is 1. The molecule has 1 fully saturated rings. The molecule has 1 saturated heterocycles. The fourth-order valence-electron chi connectivity index (χ4n) is 2.30. The highest BCUT2D eigenvalue weighted by Gasteiger charge is 2.20. The van der Waals surface area contributed by atoms with Crippen LogP contribution in [0.3, 0.4) is 0 Å². The predicted molar refractivity (Wildman–Crippen MR) is 69.8 cm³/mol. The van der Waals surface area contributed by atoms with Crippen LogP contribution in [0.2, 0.25) is 0 Å². The lowest BCUT2D eigenvalue weighted by molar-refractivity contribution is 0.0911. The van der Waals surface area contributed by atoms with Gasteiger partial charge >= 0.3 is 0 Å². The van der Waals surface area contributed by atoms with Crippen molar-refractivity contribution in [3.8, 4) is 0 Å². The molecule has 0 aliphatic carbocycles. The van der Waals surface area contributed by atoms with E-state index in [-0.39, 0.29) is 22.9 Å². The number of hydrogen-bond donors (Lipinski definition) is 2. The van der Waals surface area contributed by atoms with Crippen LogP contribution in [0.25, 0.3) is 0 Å². The number of pyridine rings is 1. The van der Waals surface area contributed by atoms with Crippen molar-refractivity contribution in [2.24, 2.45) is 0 Å². The van der Waals surface area contributed by atoms with Gasteiger partial charge in [-0.2, -0.15) is 0 Å². The summed E-state index contributed by atoms with van der Waals surface area (Å²) in [5, 5.41) is 2.93. The van der Waals surface area contributed by atoms with Crippen molar-refractivity contribution in [3.05, 3.63) is 33.7 Å². The second-order valence-corrected chi connectivity index (χ2v) is 4.97. The molecule has 2 N–H and O–H groups in total. The van der Waals surface area contributed by atoms with Crippen LogP contribution in [0, 0.1) is 6.92 Å². The molecule has 1 unspecified atom stereocenters. The summed E-state index contributed by atoms with van der Waals surface area (Å²) in [4.78, 5) is 28.8. The number of piperidine rings is 1. The Balaban J connectivity index is 2.05. The second-order valence-electron chi connectivity index (χ2n) is 4.97. The first kappa shape index (κ1) is 12.8. The van der Waals surface area contributed by atoms with Gasteiger partial charge in [0.05, 0.1) is 0 Å². The molecule has 1 aromatic rings. The van der Waals surface area contributed by atoms with E-state index in [4.69, 9.17) is 0 Å². The Morgan fingerprint density at radius 2 is 2.33 bits per heavy atom. The van der Waals surface area contributed by atoms with Crippen LogP contribution in [-0.2, 0) is 0 Å². The van der Waals surface area contributed by atoms with Crippen molar-refractivity contribution < 1.29 is 4.79 Å². The maximum atomic E-state index is 12.0. The molecule has 2 heterocycles. The molecule has 1 aliphatic rings. The Labute approximate surface area is 106 Å². The highest BCUT2D eigenvalue weighted by Crippen LogP contribution is 2.08. The molecular formula is C13H19N3O2. The molecule has 0 spiro atoms. The zero-order chi connectivity index (χ0) is 13.1. The number of aromatic nitrogens is 1. The number of nitrogens with zero attached hydrogens (tertiary/aromatic N) is 1. The minimum atomic E-state index is -0.281. The Bertz CT molecular complexity index is 495. The summed E-state index contributed by atoms with van der Waals surface area (Å²) in [7, 11) is 2.04. The van der Waals surface area contributed by atoms with Crippen LogP contribution >= 0.6 is 0 Å². The van der Waals surface area contributed by atoms with E-state index in [9.17, 15) is 9.59 Å². The van der Waals surface area contributed by atoms with Crippen LogP contribution in [-0.4, -0.2) is 42.0 Å². The van der Waals surface area contributed by atoms with Crippen LogP contribution in [0.1, 0.15) is 28.9 Å². The quantitative estimate of drug-likeness (QED) is 0.802. The number of aromatic amines is 1. The molecular weight excluding hydrogens is 230 g/mol. The van der Waals surface area contributed by atoms with Crippen LogP contribution in [0.4, 0.5) is 0 Å². The van der Waals surface area contributed by atoms with E-state index in [1.165, 1.54) is 12.3 Å². The second kappa shape index (κ2) is 5.35. The molecule has 1 aliphatic heterocycles. The number of rotatable bonds is 2. The normalized spacial score (nSPS) is 20.7. The van der Waals surface area contributed by atoms with Crippen molar-refractivity contribution in [2.45, 2.75) is 25.8 Å². The van der Waals surface area contributed by atoms with Gasteiger partial charge in [0.25, 0.3) is 5.91 Å². The highest BCUT2D eigenvalue weighted by atomic mass is 16.2. The third-order valence-corrected chi connectivity index (χ3v) is 3.26. The summed E-state index contributed by atoms with van der Waals surface area (Å²) in [6.07, 6.45) is 3.53. The minimum absolute atomic E-state index is 0.136. The zero-order valence-electron chi connectivity index (χ0n) is 10.8. The first-order chi connectivity index (χ1) is 8.56. The molecule has 1 atom stereocenters. The summed E-state index contributed by atoms with van der Waals surface area (Å²) in [5.41, 5.74) is 0.718. The van der Waals surface area contributed by atoms with Gasteiger partial charge in [0.15, 0.2) is 5.43 Å². The number of carbonyl (C=O) groups is 1. The van der Waals surface area contributed by atoms with E-state index < -0.39 is 0 Å². The van der Waals surface area contributed by atoms with Gasteiger partial charge in [0, 0.05) is 30.5 Å². The van der Waals surface area contributed by atoms with Gasteiger partial charge < -0.3 is 15.2 Å². The van der Waals surface area contributed by atoms with Gasteiger partial charge in [-0.25, -0.2) is 0 Å². The highest BCUT2D eigenvalue weighted by molar-refractivity contribution is 5.94. The molecule has 5 nitrogen and oxygen atoms in total. The Kier molecular flexibility index (Phi) is 3.81. The lowest BCUT2D eigenvalue weighted by atomic mass is 10.1. The van der Waals surface area contributed by atoms with Crippen LogP contribution < -0.4 is 10.7 Å². The number of hydrogen-bond acceptors (Lipinski definition) is 3. The Morgan fingerprint density at radius 3 is 3.00 bits per heavy atom. The summed E-state index contributed by atoms with van der Waals surface area (Å²) in [6.45, 7) is 3.70. The zero-order valence-corrected chi connectivity index (χ0v) is 10.8. The van der Waals surface area contributed by atoms with E-state index in [0.29, 0.717) is 0 Å². The van der Waals surface area contributed by atoms with E-state index in [2.05, 4.69) is 15.2 Å². The third kappa shape index (κ3) is 2.98. The van der Waals surface area contributed by atoms with Gasteiger partial charge in [-0.15, -0.1) is 0 Å². The fourth-order valence-corrected chi connectivity index (χ4v) is 2.30. The number of H-pyrrole nitrogens is 1. The summed E-state index contributed by atoms with van der Waals surface area (Å²) in [6, 6.07) is 1.58. The van der Waals surface area contributed by atoms with Crippen molar-refractivity contribution in [1.82, 2.24) is 15.2 Å². The van der Waals surface area contributed by atoms with Crippen molar-refractivity contribution in [1.29, 1.82) is 0 Å². The van der Waals surface area contributed by atoms with Gasteiger partial charge in [0.2, 0.25) is 0 Å². The maximum Gasteiger partial charge on any atom is 0.257 e. The molecule has 98 valence electrons. The largest absolute Gasteiger partial charge is 0.364 e. The van der Waals surface area contributed by atoms with Gasteiger partial charge in [-0.3, -0.25) is 9.59 Å². The van der Waals surface area contributed by atoms with Crippen molar-refractivity contribution in [3.63, 3.8) is 0 Å². The first-order valence-corrected chi connectivity index (χ1v) is 6.25. The topological polar surface area (TPSA) is 65.2 Å². The fraction of sp³-hybridized carbons (Fsp3) is 0.538. The van der Waals surface area contributed by atoms with Crippen molar-refractivity contribution in [2.75, 3.05) is 20.1 Å². The van der Waals surface area contributed by atoms with Crippen LogP contribution in [0.5, 0.6) is 0 Å². The lowest BCUT2D eigenvalue weighted by Gasteiger charge is -2.30. The molecule has 2 rings (SSSR count). The standard InChI is InChI=1S/C13H19N3O2/c1-9-6-12(17)11(7-14-9)13(18)15-10-4-3-5-16(2)8-10/h6-7,10H,3-5,8H2,1-2H3,(H,14,17)(H,15,18). The van der Waals surface area contributed by atoms with Gasteiger partial charge in [0.1, 0.15) is 5.56 Å². The molecule has 1 amide bonds. The number of likely N-dealkylation sites (tertiary alicyclic amines) is 1. The molecule has 0 aromatic carbocycles. The molecule has 0 bridgehead atoms. The average molecular weight is 249 g/mol. The lowest BCUT2D eigenvalue weighted by Crippen LogP contribution is -2.47. The monoisotopic (exact) mass is 249 g/mol. The predicted octanol–water partition coefficient (Wildman–Crippen LogP) is 0.507. The molecule has 0 radical (unpaired) electrons. The molecule has 1 aromatic heterocycles. The smallest absolute Gasteiger partial charge is 0.257 e. The third-order valence-electron chi connectivity index (χ3n) is 3.26. The molecule has 0 saturated carbocycles. The molecule has 5 heteroatoms. The van der Waals surface area contributed by atoms with Gasteiger partial charge in [-0.1, -0.05) is 0 Å². The Hall–Kier alpha value is -1.62. The summed E-state index contributed by atoms with van der Waals surface area (Å²) in [5.74, 6) is -0.281. The van der Waals surface area contributed by atoms with E-state index in [0.717, 1.165) is 31.6 Å². The Morgan fingerprint density at radius 1 is 1.56 bits per heavy atom. The number of nitrogens with one attached hydrogen (secondary N) is 2. The SMILES string of the molecule is Cc1cc(=O)c(C(=O)NC2CCCN(C)C2)c[nH]1. The first-order valence-electron chi connectivity index (χ1n) is 6.25. The minimum Gasteiger partial charge on any atom is -0.364 e. The van der Waals surface area contributed by atoms with Gasteiger partial charge in [-0.05, 0) is 33.4 Å². The number of amides is 1. The average Bonchev–Trinajstić information content (AvgIpc) is 2.28. The number of likely N-dealkylation sites (N-methyl/N-ethyl adjacent to an activating group) is 1. The van der Waals surface area contributed by atoms with Crippen molar-refractivity contribution >= 4 is 5.91 Å². The summed E-state index contributed by atoms with van der Waals surface area (Å²) >= 11 is 0. The number of aryl methyl sites for hydroxylation is 1. The van der Waals surface area contributed by atoms with Crippen LogP contribution in [0.15, 0.2) is 17.1 Å². The summed E-state index contributed by atoms with van der Waals surface area (Å²) < 4.78 is 0. The van der Waals surface area contributed by atoms with E-state index >= 15 is 0 Å². The van der Waals surface area contributed by atoms with E-state index in [1.54, 1.807) is 6.92 Å².